The molecule has 4 rings (SSSR count). The van der Waals surface area contributed by atoms with Crippen LogP contribution >= 0.6 is 0 Å². The fourth-order valence-corrected chi connectivity index (χ4v) is 3.98. The van der Waals surface area contributed by atoms with Crippen molar-refractivity contribution in [1.29, 1.82) is 0 Å². The SMILES string of the molecule is C.C1C2CC3CC1CC(C2)C3.CCCC. The predicted octanol–water partition coefficient (Wildman–Crippen LogP) is 5.28. The highest BCUT2D eigenvalue weighted by molar-refractivity contribution is 4.92. The number of hydrogen-bond acceptors (Lipinski definition) is 0. The minimum atomic E-state index is 0. The summed E-state index contributed by atoms with van der Waals surface area (Å²) in [4.78, 5) is 0. The number of rotatable bonds is 1. The summed E-state index contributed by atoms with van der Waals surface area (Å²) in [6, 6.07) is 0. The van der Waals surface area contributed by atoms with Crippen LogP contribution in [-0.2, 0) is 0 Å². The molecule has 4 aliphatic rings. The lowest BCUT2D eigenvalue weighted by atomic mass is 9.56. The van der Waals surface area contributed by atoms with Crippen LogP contribution in [0.5, 0.6) is 0 Å². The van der Waals surface area contributed by atoms with Gasteiger partial charge in [0, 0.05) is 0 Å². The zero-order valence-electron chi connectivity index (χ0n) is 9.97. The molecule has 0 heteroatoms. The summed E-state index contributed by atoms with van der Waals surface area (Å²) < 4.78 is 0. The van der Waals surface area contributed by atoms with Gasteiger partial charge in [-0.15, -0.1) is 0 Å². The van der Waals surface area contributed by atoms with Gasteiger partial charge in [-0.2, -0.15) is 0 Å². The quantitative estimate of drug-likeness (QED) is 0.552. The van der Waals surface area contributed by atoms with Crippen LogP contribution in [-0.4, -0.2) is 0 Å². The minimum Gasteiger partial charge on any atom is -0.0776 e. The summed E-state index contributed by atoms with van der Waals surface area (Å²) in [6.07, 6.45) is 12.3. The molecule has 0 atom stereocenters. The number of unbranched alkanes of at least 4 members (excludes halogenated alkanes) is 1. The summed E-state index contributed by atoms with van der Waals surface area (Å²) in [5.41, 5.74) is 0. The van der Waals surface area contributed by atoms with Crippen molar-refractivity contribution in [2.75, 3.05) is 0 Å². The Hall–Kier alpha value is 0. The molecule has 0 amide bonds. The van der Waals surface area contributed by atoms with Crippen LogP contribution in [0.3, 0.4) is 0 Å². The van der Waals surface area contributed by atoms with Gasteiger partial charge in [0.25, 0.3) is 0 Å². The Kier molecular flexibility index (Phi) is 5.15. The van der Waals surface area contributed by atoms with E-state index in [2.05, 4.69) is 13.8 Å². The molecule has 15 heavy (non-hydrogen) atoms. The third kappa shape index (κ3) is 3.23. The summed E-state index contributed by atoms with van der Waals surface area (Å²) in [7, 11) is 0. The Labute approximate surface area is 96.8 Å². The van der Waals surface area contributed by atoms with Gasteiger partial charge in [-0.05, 0) is 62.2 Å². The Balaban J connectivity index is 0.000000200. The Bertz CT molecular complexity index is 112. The molecule has 0 nitrogen and oxygen atoms in total. The Morgan fingerprint density at radius 1 is 0.600 bits per heavy atom. The van der Waals surface area contributed by atoms with Crippen molar-refractivity contribution in [2.24, 2.45) is 23.7 Å². The van der Waals surface area contributed by atoms with E-state index >= 15 is 0 Å². The minimum absolute atomic E-state index is 0. The first-order valence-electron chi connectivity index (χ1n) is 6.81. The molecule has 4 fully saturated rings. The van der Waals surface area contributed by atoms with E-state index in [9.17, 15) is 0 Å². The van der Waals surface area contributed by atoms with E-state index in [1.165, 1.54) is 36.5 Å². The zero-order chi connectivity index (χ0) is 9.97. The van der Waals surface area contributed by atoms with E-state index in [1.54, 1.807) is 38.5 Å². The van der Waals surface area contributed by atoms with E-state index in [1.807, 2.05) is 0 Å². The zero-order valence-corrected chi connectivity index (χ0v) is 9.97. The highest BCUT2D eigenvalue weighted by Crippen LogP contribution is 2.53. The van der Waals surface area contributed by atoms with E-state index in [0.29, 0.717) is 0 Å². The van der Waals surface area contributed by atoms with E-state index in [0.717, 1.165) is 0 Å². The second kappa shape index (κ2) is 5.92. The molecule has 0 spiro atoms. The molecule has 0 saturated heterocycles. The molecule has 0 radical (unpaired) electrons. The van der Waals surface area contributed by atoms with Gasteiger partial charge in [0.2, 0.25) is 0 Å². The van der Waals surface area contributed by atoms with Crippen LogP contribution in [0.25, 0.3) is 0 Å². The van der Waals surface area contributed by atoms with Crippen LogP contribution in [0, 0.1) is 23.7 Å². The lowest BCUT2D eigenvalue weighted by molar-refractivity contribution is 0.0198. The van der Waals surface area contributed by atoms with E-state index in [-0.39, 0.29) is 7.43 Å². The molecule has 0 aliphatic heterocycles. The largest absolute Gasteiger partial charge is 0.0776 e. The van der Waals surface area contributed by atoms with Crippen LogP contribution in [0.15, 0.2) is 0 Å². The summed E-state index contributed by atoms with van der Waals surface area (Å²) in [6.45, 7) is 4.36. The maximum atomic E-state index is 2.18. The topological polar surface area (TPSA) is 0 Å². The third-order valence-electron chi connectivity index (χ3n) is 4.50. The molecule has 4 aliphatic carbocycles. The second-order valence-corrected chi connectivity index (χ2v) is 5.88. The Morgan fingerprint density at radius 3 is 0.933 bits per heavy atom. The van der Waals surface area contributed by atoms with Crippen LogP contribution in [0.2, 0.25) is 0 Å². The predicted molar refractivity (Wildman–Crippen MR) is 69.0 cm³/mol. The van der Waals surface area contributed by atoms with Crippen molar-refractivity contribution in [3.8, 4) is 0 Å². The highest BCUT2D eigenvalue weighted by atomic mass is 14.5. The molecule has 90 valence electrons. The molecule has 0 aromatic heterocycles. The van der Waals surface area contributed by atoms with Crippen molar-refractivity contribution in [3.05, 3.63) is 0 Å². The van der Waals surface area contributed by atoms with Gasteiger partial charge in [-0.1, -0.05) is 34.1 Å². The van der Waals surface area contributed by atoms with E-state index < -0.39 is 0 Å². The van der Waals surface area contributed by atoms with Crippen LogP contribution in [0.4, 0.5) is 0 Å². The highest BCUT2D eigenvalue weighted by Gasteiger charge is 2.41. The van der Waals surface area contributed by atoms with Gasteiger partial charge >= 0.3 is 0 Å². The normalized spacial score (nSPS) is 40.4. The van der Waals surface area contributed by atoms with Gasteiger partial charge in [-0.3, -0.25) is 0 Å². The first-order chi connectivity index (χ1) is 6.81. The third-order valence-corrected chi connectivity index (χ3v) is 4.50. The van der Waals surface area contributed by atoms with E-state index in [4.69, 9.17) is 0 Å². The lowest BCUT2D eigenvalue weighted by Gasteiger charge is -2.49. The van der Waals surface area contributed by atoms with Gasteiger partial charge in [-0.25, -0.2) is 0 Å². The lowest BCUT2D eigenvalue weighted by Crippen LogP contribution is -2.38. The van der Waals surface area contributed by atoms with Crippen LogP contribution in [0.1, 0.15) is 72.6 Å². The van der Waals surface area contributed by atoms with Gasteiger partial charge < -0.3 is 0 Å². The molecule has 0 aromatic rings. The summed E-state index contributed by atoms with van der Waals surface area (Å²) >= 11 is 0. The van der Waals surface area contributed by atoms with Crippen LogP contribution < -0.4 is 0 Å². The monoisotopic (exact) mass is 210 g/mol. The first kappa shape index (κ1) is 13.1. The van der Waals surface area contributed by atoms with Gasteiger partial charge in [0.15, 0.2) is 0 Å². The van der Waals surface area contributed by atoms with Crippen molar-refractivity contribution < 1.29 is 0 Å². The van der Waals surface area contributed by atoms with Gasteiger partial charge in [0.1, 0.15) is 0 Å². The fraction of sp³-hybridized carbons (Fsp3) is 1.00. The standard InChI is InChI=1S/C10H16.C4H10.CH4/c1-7-2-9-4-8(1)5-10(3-7)6-9;1-3-4-2;/h7-10H,1-6H2;3-4H2,1-2H3;1H4. The first-order valence-corrected chi connectivity index (χ1v) is 6.81. The summed E-state index contributed by atoms with van der Waals surface area (Å²) in [5.74, 6) is 4.71. The molecule has 0 N–H and O–H groups in total. The van der Waals surface area contributed by atoms with Gasteiger partial charge in [0.05, 0.1) is 0 Å². The maximum absolute atomic E-state index is 2.18. The summed E-state index contributed by atoms with van der Waals surface area (Å²) in [5, 5.41) is 0. The van der Waals surface area contributed by atoms with Crippen molar-refractivity contribution in [2.45, 2.75) is 72.6 Å². The molecule has 0 heterocycles. The molecule has 0 aromatic carbocycles. The number of hydrogen-bond donors (Lipinski definition) is 0. The molecular weight excluding hydrogens is 180 g/mol. The average molecular weight is 210 g/mol. The molecular formula is C15H30. The van der Waals surface area contributed by atoms with Crippen molar-refractivity contribution in [3.63, 3.8) is 0 Å². The van der Waals surface area contributed by atoms with Crippen molar-refractivity contribution >= 4 is 0 Å². The fourth-order valence-electron chi connectivity index (χ4n) is 3.98. The van der Waals surface area contributed by atoms with Crippen molar-refractivity contribution in [1.82, 2.24) is 0 Å². The second-order valence-electron chi connectivity index (χ2n) is 5.88. The molecule has 4 saturated carbocycles. The Morgan fingerprint density at radius 2 is 0.800 bits per heavy atom. The average Bonchev–Trinajstić information content (AvgIpc) is 2.16. The smallest absolute Gasteiger partial charge is 0.0406 e. The molecule has 0 unspecified atom stereocenters. The molecule has 4 bridgehead atoms. The maximum Gasteiger partial charge on any atom is -0.0406 e.